The van der Waals surface area contributed by atoms with Gasteiger partial charge in [-0.2, -0.15) is 8.78 Å². The van der Waals surface area contributed by atoms with Crippen molar-refractivity contribution >= 4 is 5.91 Å². The number of fused-ring (bicyclic) bond motifs is 1. The van der Waals surface area contributed by atoms with E-state index >= 15 is 0 Å². The lowest BCUT2D eigenvalue weighted by Crippen LogP contribution is -2.53. The molecule has 7 heteroatoms. The normalized spacial score (nSPS) is 26.2. The van der Waals surface area contributed by atoms with E-state index < -0.39 is 24.4 Å². The first-order valence-corrected chi connectivity index (χ1v) is 7.55. The molecule has 0 radical (unpaired) electrons. The Morgan fingerprint density at radius 1 is 1.43 bits per heavy atom. The fraction of sp³-hybridized carbons (Fsp3) is 0.562. The minimum atomic E-state index is -2.94. The van der Waals surface area contributed by atoms with Gasteiger partial charge in [-0.3, -0.25) is 4.79 Å². The molecule has 1 fully saturated rings. The van der Waals surface area contributed by atoms with Crippen LogP contribution in [0.1, 0.15) is 38.3 Å². The van der Waals surface area contributed by atoms with Crippen LogP contribution in [0.3, 0.4) is 0 Å². The lowest BCUT2D eigenvalue weighted by molar-refractivity contribution is -0.139. The Labute approximate surface area is 132 Å². The largest absolute Gasteiger partial charge is 0.485 e. The topological polar surface area (TPSA) is 59.0 Å². The van der Waals surface area contributed by atoms with Crippen LogP contribution in [0.4, 0.5) is 8.78 Å². The Hall–Kier alpha value is -1.89. The van der Waals surface area contributed by atoms with Crippen molar-refractivity contribution < 1.29 is 28.2 Å². The van der Waals surface area contributed by atoms with Gasteiger partial charge in [0.2, 0.25) is 5.91 Å². The van der Waals surface area contributed by atoms with Crippen LogP contribution in [-0.2, 0) is 4.79 Å². The average molecular weight is 327 g/mol. The molecule has 2 aliphatic heterocycles. The molecule has 1 saturated heterocycles. The standard InChI is InChI=1S/C16H19F2NO4/c1-16(2)14(21)13(19-7-3-4-12(19)20)10-8-9(22-15(17)18)5-6-11(10)23-16/h5-6,8,13-15,21H,3-4,7H2,1-2H3/t13-,14+/m0/s1. The van der Waals surface area contributed by atoms with Crippen molar-refractivity contribution in [1.29, 1.82) is 0 Å². The summed E-state index contributed by atoms with van der Waals surface area (Å²) in [6, 6.07) is 3.71. The van der Waals surface area contributed by atoms with Gasteiger partial charge in [-0.1, -0.05) is 0 Å². The second kappa shape index (κ2) is 5.63. The maximum Gasteiger partial charge on any atom is 0.387 e. The summed E-state index contributed by atoms with van der Waals surface area (Å²) in [5.74, 6) is 0.385. The maximum atomic E-state index is 12.4. The Morgan fingerprint density at radius 3 is 2.78 bits per heavy atom. The molecule has 0 spiro atoms. The van der Waals surface area contributed by atoms with Crippen LogP contribution in [-0.4, -0.2) is 40.8 Å². The Balaban J connectivity index is 2.05. The first-order chi connectivity index (χ1) is 10.8. The number of hydrogen-bond acceptors (Lipinski definition) is 4. The third kappa shape index (κ3) is 2.85. The number of ether oxygens (including phenoxy) is 2. The minimum Gasteiger partial charge on any atom is -0.485 e. The predicted molar refractivity (Wildman–Crippen MR) is 77.5 cm³/mol. The van der Waals surface area contributed by atoms with Gasteiger partial charge in [-0.15, -0.1) is 0 Å². The van der Waals surface area contributed by atoms with Gasteiger partial charge in [0.15, 0.2) is 0 Å². The van der Waals surface area contributed by atoms with Crippen LogP contribution in [0, 0.1) is 0 Å². The quantitative estimate of drug-likeness (QED) is 0.927. The molecule has 126 valence electrons. The van der Waals surface area contributed by atoms with Crippen LogP contribution in [0.25, 0.3) is 0 Å². The number of rotatable bonds is 3. The molecule has 23 heavy (non-hydrogen) atoms. The predicted octanol–water partition coefficient (Wildman–Crippen LogP) is 2.48. The zero-order chi connectivity index (χ0) is 16.8. The van der Waals surface area contributed by atoms with Gasteiger partial charge in [-0.25, -0.2) is 0 Å². The SMILES string of the molecule is CC1(C)Oc2ccc(OC(F)F)cc2[C@H](N2CCCC2=O)[C@H]1O. The fourth-order valence-corrected chi connectivity index (χ4v) is 3.22. The van der Waals surface area contributed by atoms with Gasteiger partial charge in [0, 0.05) is 18.5 Å². The number of amides is 1. The Kier molecular flexibility index (Phi) is 3.91. The van der Waals surface area contributed by atoms with Gasteiger partial charge in [0.25, 0.3) is 0 Å². The molecule has 1 N–H and O–H groups in total. The summed E-state index contributed by atoms with van der Waals surface area (Å²) in [7, 11) is 0. The third-order valence-electron chi connectivity index (χ3n) is 4.36. The Morgan fingerprint density at radius 2 is 2.17 bits per heavy atom. The van der Waals surface area contributed by atoms with Crippen molar-refractivity contribution in [3.63, 3.8) is 0 Å². The molecular weight excluding hydrogens is 308 g/mol. The summed E-state index contributed by atoms with van der Waals surface area (Å²) in [6.45, 7) is 1.05. The van der Waals surface area contributed by atoms with E-state index in [1.54, 1.807) is 18.7 Å². The number of benzene rings is 1. The maximum absolute atomic E-state index is 12.4. The van der Waals surface area contributed by atoms with Crippen molar-refractivity contribution in [2.75, 3.05) is 6.54 Å². The molecule has 0 unspecified atom stereocenters. The summed E-state index contributed by atoms with van der Waals surface area (Å²) in [5, 5.41) is 10.7. The number of likely N-dealkylation sites (tertiary alicyclic amines) is 1. The first kappa shape index (κ1) is 16.0. The smallest absolute Gasteiger partial charge is 0.387 e. The van der Waals surface area contributed by atoms with Crippen LogP contribution in [0.15, 0.2) is 18.2 Å². The number of halogens is 2. The summed E-state index contributed by atoms with van der Waals surface area (Å²) >= 11 is 0. The second-order valence-corrected chi connectivity index (χ2v) is 6.36. The zero-order valence-electron chi connectivity index (χ0n) is 13.0. The molecule has 0 aliphatic carbocycles. The molecule has 0 saturated carbocycles. The summed E-state index contributed by atoms with van der Waals surface area (Å²) in [4.78, 5) is 13.7. The van der Waals surface area contributed by atoms with Crippen LogP contribution in [0.5, 0.6) is 11.5 Å². The number of carbonyl (C=O) groups is 1. The highest BCUT2D eigenvalue weighted by atomic mass is 19.3. The highest BCUT2D eigenvalue weighted by Crippen LogP contribution is 2.45. The Bertz CT molecular complexity index is 620. The number of nitrogens with zero attached hydrogens (tertiary/aromatic N) is 1. The molecule has 3 rings (SSSR count). The first-order valence-electron chi connectivity index (χ1n) is 7.55. The number of hydrogen-bond donors (Lipinski definition) is 1. The summed E-state index contributed by atoms with van der Waals surface area (Å²) in [6.07, 6.45) is 0.165. The van der Waals surface area contributed by atoms with Crippen molar-refractivity contribution in [1.82, 2.24) is 4.90 Å². The molecule has 2 aliphatic rings. The van der Waals surface area contributed by atoms with E-state index in [9.17, 15) is 18.7 Å². The average Bonchev–Trinajstić information content (AvgIpc) is 2.86. The van der Waals surface area contributed by atoms with Crippen molar-refractivity contribution in [2.45, 2.75) is 51.0 Å². The van der Waals surface area contributed by atoms with Gasteiger partial charge in [-0.05, 0) is 38.5 Å². The van der Waals surface area contributed by atoms with Crippen molar-refractivity contribution in [2.24, 2.45) is 0 Å². The molecule has 5 nitrogen and oxygen atoms in total. The molecule has 1 aromatic rings. The van der Waals surface area contributed by atoms with Crippen LogP contribution in [0.2, 0.25) is 0 Å². The van der Waals surface area contributed by atoms with E-state index in [0.717, 1.165) is 0 Å². The lowest BCUT2D eigenvalue weighted by Gasteiger charge is -2.45. The van der Waals surface area contributed by atoms with E-state index in [4.69, 9.17) is 4.74 Å². The van der Waals surface area contributed by atoms with E-state index in [0.29, 0.717) is 30.7 Å². The molecule has 2 heterocycles. The monoisotopic (exact) mass is 327 g/mol. The van der Waals surface area contributed by atoms with Gasteiger partial charge < -0.3 is 19.5 Å². The number of alkyl halides is 2. The van der Waals surface area contributed by atoms with Gasteiger partial charge >= 0.3 is 6.61 Å². The molecule has 1 amide bonds. The van der Waals surface area contributed by atoms with Gasteiger partial charge in [0.1, 0.15) is 23.2 Å². The lowest BCUT2D eigenvalue weighted by atomic mass is 9.85. The van der Waals surface area contributed by atoms with Gasteiger partial charge in [0.05, 0.1) is 6.04 Å². The molecule has 0 aromatic heterocycles. The number of carbonyl (C=O) groups excluding carboxylic acids is 1. The van der Waals surface area contributed by atoms with Crippen molar-refractivity contribution in [3.05, 3.63) is 23.8 Å². The number of aliphatic hydroxyl groups is 1. The number of aliphatic hydroxyl groups excluding tert-OH is 1. The highest BCUT2D eigenvalue weighted by Gasteiger charge is 2.47. The molecule has 1 aromatic carbocycles. The van der Waals surface area contributed by atoms with E-state index in [1.807, 2.05) is 0 Å². The molecule has 0 bridgehead atoms. The van der Waals surface area contributed by atoms with E-state index in [-0.39, 0.29) is 11.7 Å². The van der Waals surface area contributed by atoms with Crippen LogP contribution >= 0.6 is 0 Å². The van der Waals surface area contributed by atoms with E-state index in [2.05, 4.69) is 4.74 Å². The minimum absolute atomic E-state index is 0.0223. The van der Waals surface area contributed by atoms with Crippen LogP contribution < -0.4 is 9.47 Å². The zero-order valence-corrected chi connectivity index (χ0v) is 13.0. The fourth-order valence-electron chi connectivity index (χ4n) is 3.22. The van der Waals surface area contributed by atoms with E-state index in [1.165, 1.54) is 18.2 Å². The highest BCUT2D eigenvalue weighted by molar-refractivity contribution is 5.79. The molecular formula is C16H19F2NO4. The third-order valence-corrected chi connectivity index (χ3v) is 4.36. The molecule has 2 atom stereocenters. The summed E-state index contributed by atoms with van der Waals surface area (Å²) in [5.41, 5.74) is -0.406. The second-order valence-electron chi connectivity index (χ2n) is 6.36. The summed E-state index contributed by atoms with van der Waals surface area (Å²) < 4.78 is 35.1. The van der Waals surface area contributed by atoms with Crippen molar-refractivity contribution in [3.8, 4) is 11.5 Å².